The number of carbonyl (C=O) groups excluding carboxylic acids is 1. The maximum absolute atomic E-state index is 13.1. The van der Waals surface area contributed by atoms with Gasteiger partial charge in [-0.2, -0.15) is 5.26 Å². The van der Waals surface area contributed by atoms with E-state index in [1.54, 1.807) is 0 Å². The van der Waals surface area contributed by atoms with Crippen molar-refractivity contribution in [1.82, 2.24) is 9.80 Å². The molecule has 0 N–H and O–H groups in total. The Morgan fingerprint density at radius 3 is 2.63 bits per heavy atom. The zero-order valence-electron chi connectivity index (χ0n) is 15.7. The highest BCUT2D eigenvalue weighted by molar-refractivity contribution is 7.10. The molecule has 1 aromatic heterocycles. The number of hydrogen-bond donors (Lipinski definition) is 0. The number of nitrogens with zero attached hydrogens (tertiary/aromatic N) is 3. The van der Waals surface area contributed by atoms with E-state index < -0.39 is 0 Å². The van der Waals surface area contributed by atoms with Crippen molar-refractivity contribution in [2.75, 3.05) is 19.6 Å². The van der Waals surface area contributed by atoms with Gasteiger partial charge < -0.3 is 4.90 Å². The fourth-order valence-corrected chi connectivity index (χ4v) is 5.05. The summed E-state index contributed by atoms with van der Waals surface area (Å²) in [7, 11) is 0. The van der Waals surface area contributed by atoms with Gasteiger partial charge in [-0.3, -0.25) is 9.69 Å². The van der Waals surface area contributed by atoms with E-state index in [-0.39, 0.29) is 5.91 Å². The number of benzene rings is 1. The molecule has 2 fully saturated rings. The molecule has 2 aromatic rings. The molecule has 1 amide bonds. The van der Waals surface area contributed by atoms with E-state index in [0.717, 1.165) is 42.6 Å². The Morgan fingerprint density at radius 2 is 1.96 bits per heavy atom. The normalized spacial score (nSPS) is 22.9. The topological polar surface area (TPSA) is 47.3 Å². The van der Waals surface area contributed by atoms with Crippen LogP contribution in [0.3, 0.4) is 0 Å². The molecule has 2 saturated heterocycles. The highest BCUT2D eigenvalue weighted by Gasteiger charge is 2.32. The second-order valence-electron chi connectivity index (χ2n) is 7.67. The van der Waals surface area contributed by atoms with E-state index in [1.165, 1.54) is 30.7 Å². The van der Waals surface area contributed by atoms with E-state index in [2.05, 4.69) is 22.8 Å². The van der Waals surface area contributed by atoms with Crippen molar-refractivity contribution in [2.45, 2.75) is 44.7 Å². The Balaban J connectivity index is 1.46. The minimum atomic E-state index is 0.152. The summed E-state index contributed by atoms with van der Waals surface area (Å²) in [5.74, 6) is 0.152. The number of nitriles is 1. The van der Waals surface area contributed by atoms with Gasteiger partial charge in [0.05, 0.1) is 0 Å². The average molecular weight is 380 g/mol. The Kier molecular flexibility index (Phi) is 5.29. The lowest BCUT2D eigenvalue weighted by Crippen LogP contribution is -2.44. The van der Waals surface area contributed by atoms with Crippen LogP contribution in [0.4, 0.5) is 0 Å². The summed E-state index contributed by atoms with van der Waals surface area (Å²) < 4.78 is 0. The van der Waals surface area contributed by atoms with Crippen molar-refractivity contribution in [3.8, 4) is 17.2 Å². The second kappa shape index (κ2) is 7.84. The van der Waals surface area contributed by atoms with Crippen LogP contribution < -0.4 is 0 Å². The van der Waals surface area contributed by atoms with Crippen LogP contribution >= 0.6 is 11.3 Å². The zero-order chi connectivity index (χ0) is 18.8. The smallest absolute Gasteiger partial charge is 0.254 e. The van der Waals surface area contributed by atoms with Gasteiger partial charge in [-0.1, -0.05) is 12.1 Å². The molecule has 2 aliphatic rings. The predicted molar refractivity (Wildman–Crippen MR) is 109 cm³/mol. The lowest BCUT2D eigenvalue weighted by molar-refractivity contribution is 0.0697. The van der Waals surface area contributed by atoms with Crippen LogP contribution in [0.2, 0.25) is 0 Å². The minimum absolute atomic E-state index is 0.152. The summed E-state index contributed by atoms with van der Waals surface area (Å²) in [6.07, 6.45) is 4.76. The van der Waals surface area contributed by atoms with E-state index >= 15 is 0 Å². The summed E-state index contributed by atoms with van der Waals surface area (Å²) >= 11 is 1.45. The van der Waals surface area contributed by atoms with Crippen molar-refractivity contribution < 1.29 is 4.79 Å². The van der Waals surface area contributed by atoms with Gasteiger partial charge in [-0.05, 0) is 73.9 Å². The Morgan fingerprint density at radius 1 is 1.19 bits per heavy atom. The lowest BCUT2D eigenvalue weighted by atomic mass is 10.1. The molecule has 1 aromatic carbocycles. The number of amides is 1. The lowest BCUT2D eigenvalue weighted by Gasteiger charge is -2.30. The first-order chi connectivity index (χ1) is 13.2. The molecule has 0 radical (unpaired) electrons. The fourth-order valence-electron chi connectivity index (χ4n) is 4.34. The SMILES string of the molecule is CC1CCCN1CC1CCCN1C(=O)c1ccc(-c2csc(C#N)c2)cc1. The van der Waals surface area contributed by atoms with Gasteiger partial charge in [-0.15, -0.1) is 11.3 Å². The third-order valence-corrected chi connectivity index (χ3v) is 6.78. The molecule has 27 heavy (non-hydrogen) atoms. The van der Waals surface area contributed by atoms with Crippen LogP contribution in [0.25, 0.3) is 11.1 Å². The Bertz CT molecular complexity index is 851. The second-order valence-corrected chi connectivity index (χ2v) is 8.58. The molecule has 140 valence electrons. The van der Waals surface area contributed by atoms with Crippen molar-refractivity contribution in [3.05, 3.63) is 46.2 Å². The highest BCUT2D eigenvalue weighted by Crippen LogP contribution is 2.27. The fraction of sp³-hybridized carbons (Fsp3) is 0.455. The van der Waals surface area contributed by atoms with Gasteiger partial charge in [0, 0.05) is 30.7 Å². The molecular weight excluding hydrogens is 354 g/mol. The highest BCUT2D eigenvalue weighted by atomic mass is 32.1. The van der Waals surface area contributed by atoms with Gasteiger partial charge >= 0.3 is 0 Å². The molecule has 0 bridgehead atoms. The number of hydrogen-bond acceptors (Lipinski definition) is 4. The quantitative estimate of drug-likeness (QED) is 0.792. The van der Waals surface area contributed by atoms with Crippen LogP contribution in [0.5, 0.6) is 0 Å². The van der Waals surface area contributed by atoms with Crippen LogP contribution in [0.15, 0.2) is 35.7 Å². The van der Waals surface area contributed by atoms with Gasteiger partial charge in [0.25, 0.3) is 5.91 Å². The van der Waals surface area contributed by atoms with Crippen molar-refractivity contribution in [2.24, 2.45) is 0 Å². The third kappa shape index (κ3) is 3.78. The molecular formula is C22H25N3OS. The average Bonchev–Trinajstić information content (AvgIpc) is 3.43. The van der Waals surface area contributed by atoms with E-state index in [4.69, 9.17) is 5.26 Å². The summed E-state index contributed by atoms with van der Waals surface area (Å²) in [6.45, 7) is 5.34. The molecule has 2 atom stereocenters. The largest absolute Gasteiger partial charge is 0.334 e. The van der Waals surface area contributed by atoms with Crippen LogP contribution in [0.1, 0.15) is 47.8 Å². The zero-order valence-corrected chi connectivity index (χ0v) is 16.5. The molecule has 4 nitrogen and oxygen atoms in total. The third-order valence-electron chi connectivity index (χ3n) is 5.95. The first-order valence-electron chi connectivity index (χ1n) is 9.80. The predicted octanol–water partition coefficient (Wildman–Crippen LogP) is 4.38. The number of carbonyl (C=O) groups is 1. The molecule has 2 aliphatic heterocycles. The van der Waals surface area contributed by atoms with E-state index in [9.17, 15) is 4.79 Å². The molecule has 2 unspecified atom stereocenters. The molecule has 5 heteroatoms. The van der Waals surface area contributed by atoms with Gasteiger partial charge in [-0.25, -0.2) is 0 Å². The Labute approximate surface area is 165 Å². The summed E-state index contributed by atoms with van der Waals surface area (Å²) in [5, 5.41) is 11.0. The van der Waals surface area contributed by atoms with E-state index in [1.807, 2.05) is 35.7 Å². The number of likely N-dealkylation sites (tertiary alicyclic amines) is 2. The summed E-state index contributed by atoms with van der Waals surface area (Å²) in [4.78, 5) is 18.4. The molecule has 4 rings (SSSR count). The van der Waals surface area contributed by atoms with Gasteiger partial charge in [0.15, 0.2) is 0 Å². The van der Waals surface area contributed by atoms with Gasteiger partial charge in [0.2, 0.25) is 0 Å². The molecule has 0 spiro atoms. The van der Waals surface area contributed by atoms with Gasteiger partial charge in [0.1, 0.15) is 10.9 Å². The summed E-state index contributed by atoms with van der Waals surface area (Å²) in [5.41, 5.74) is 2.85. The Hall–Kier alpha value is -2.16. The molecule has 0 aliphatic carbocycles. The molecule has 0 saturated carbocycles. The van der Waals surface area contributed by atoms with Crippen molar-refractivity contribution in [3.63, 3.8) is 0 Å². The van der Waals surface area contributed by atoms with Crippen molar-refractivity contribution >= 4 is 17.2 Å². The first-order valence-corrected chi connectivity index (χ1v) is 10.7. The monoisotopic (exact) mass is 379 g/mol. The standard InChI is InChI=1S/C22H25N3OS/c1-16-4-2-10-24(16)14-20-5-3-11-25(20)22(26)18-8-6-17(7-9-18)19-12-21(13-23)27-15-19/h6-9,12,15-16,20H,2-5,10-11,14H2,1H3. The number of thiophene rings is 1. The summed E-state index contributed by atoms with van der Waals surface area (Å²) in [6, 6.07) is 12.9. The maximum Gasteiger partial charge on any atom is 0.254 e. The van der Waals surface area contributed by atoms with Crippen LogP contribution in [-0.4, -0.2) is 47.4 Å². The molecule has 3 heterocycles. The first kappa shape index (κ1) is 18.2. The maximum atomic E-state index is 13.1. The number of rotatable bonds is 4. The van der Waals surface area contributed by atoms with Crippen molar-refractivity contribution in [1.29, 1.82) is 5.26 Å². The van der Waals surface area contributed by atoms with E-state index in [0.29, 0.717) is 17.0 Å². The van der Waals surface area contributed by atoms with Crippen LogP contribution in [-0.2, 0) is 0 Å². The minimum Gasteiger partial charge on any atom is -0.334 e. The van der Waals surface area contributed by atoms with Crippen LogP contribution in [0, 0.1) is 11.3 Å².